The smallest absolute Gasteiger partial charge is 0.185 e. The highest BCUT2D eigenvalue weighted by molar-refractivity contribution is 9.10. The second-order valence-corrected chi connectivity index (χ2v) is 4.42. The van der Waals surface area contributed by atoms with Gasteiger partial charge in [-0.2, -0.15) is 0 Å². The van der Waals surface area contributed by atoms with E-state index in [2.05, 4.69) is 25.9 Å². The Kier molecular flexibility index (Phi) is 3.14. The summed E-state index contributed by atoms with van der Waals surface area (Å²) in [5.41, 5.74) is 1.50. The number of aryl methyl sites for hydroxylation is 1. The largest absolute Gasteiger partial charge is 0.331 e. The lowest BCUT2D eigenvalue weighted by Gasteiger charge is -2.02. The number of carbonyl (C=O) groups excluding carboxylic acids is 1. The number of carbonyl (C=O) groups is 1. The van der Waals surface area contributed by atoms with Crippen LogP contribution in [-0.4, -0.2) is 20.3 Å². The average molecular weight is 280 g/mol. The number of imidazole rings is 1. The van der Waals surface area contributed by atoms with Crippen molar-refractivity contribution in [1.29, 1.82) is 0 Å². The molecule has 0 saturated carbocycles. The minimum atomic E-state index is 0.0416. The molecule has 0 aliphatic heterocycles. The van der Waals surface area contributed by atoms with Gasteiger partial charge in [0.1, 0.15) is 5.69 Å². The first-order valence-electron chi connectivity index (χ1n) is 4.76. The van der Waals surface area contributed by atoms with Crippen LogP contribution in [-0.2, 0) is 13.5 Å². The van der Waals surface area contributed by atoms with Crippen molar-refractivity contribution in [2.24, 2.45) is 7.05 Å². The van der Waals surface area contributed by atoms with E-state index in [-0.39, 0.29) is 5.78 Å². The number of halogens is 1. The van der Waals surface area contributed by atoms with Gasteiger partial charge in [0, 0.05) is 30.3 Å². The van der Waals surface area contributed by atoms with Gasteiger partial charge in [0.25, 0.3) is 0 Å². The van der Waals surface area contributed by atoms with Crippen molar-refractivity contribution in [3.63, 3.8) is 0 Å². The third-order valence-electron chi connectivity index (χ3n) is 2.23. The van der Waals surface area contributed by atoms with Crippen LogP contribution in [0.5, 0.6) is 0 Å². The molecular weight excluding hydrogens is 270 g/mol. The monoisotopic (exact) mass is 279 g/mol. The van der Waals surface area contributed by atoms with Crippen molar-refractivity contribution >= 4 is 21.7 Å². The fourth-order valence-corrected chi connectivity index (χ4v) is 1.87. The molecule has 0 amide bonds. The molecule has 16 heavy (non-hydrogen) atoms. The van der Waals surface area contributed by atoms with E-state index in [1.54, 1.807) is 36.5 Å². The Morgan fingerprint density at radius 2 is 2.19 bits per heavy atom. The molecule has 4 nitrogen and oxygen atoms in total. The molecule has 5 heteroatoms. The molecular formula is C11H10BrN3O. The van der Waals surface area contributed by atoms with E-state index in [4.69, 9.17) is 0 Å². The van der Waals surface area contributed by atoms with Crippen molar-refractivity contribution in [2.75, 3.05) is 0 Å². The predicted octanol–water partition coefficient (Wildman–Crippen LogP) is 2.00. The second-order valence-electron chi connectivity index (χ2n) is 3.50. The third-order valence-corrected chi connectivity index (χ3v) is 2.66. The summed E-state index contributed by atoms with van der Waals surface area (Å²) in [7, 11) is 1.80. The highest BCUT2D eigenvalue weighted by Crippen LogP contribution is 2.12. The van der Waals surface area contributed by atoms with Crippen molar-refractivity contribution in [1.82, 2.24) is 14.5 Å². The number of rotatable bonds is 3. The molecule has 0 N–H and O–H groups in total. The first kappa shape index (κ1) is 11.0. The number of ketones is 1. The number of pyridine rings is 1. The second kappa shape index (κ2) is 4.57. The first-order valence-corrected chi connectivity index (χ1v) is 5.55. The van der Waals surface area contributed by atoms with E-state index in [0.717, 1.165) is 10.0 Å². The summed E-state index contributed by atoms with van der Waals surface area (Å²) in [6, 6.07) is 1.89. The third kappa shape index (κ3) is 2.36. The first-order chi connectivity index (χ1) is 7.66. The van der Waals surface area contributed by atoms with Crippen LogP contribution < -0.4 is 0 Å². The maximum Gasteiger partial charge on any atom is 0.185 e. The summed E-state index contributed by atoms with van der Waals surface area (Å²) in [6.07, 6.45) is 6.92. The van der Waals surface area contributed by atoms with Crippen molar-refractivity contribution in [3.05, 3.63) is 46.7 Å². The zero-order valence-electron chi connectivity index (χ0n) is 8.72. The van der Waals surface area contributed by atoms with Crippen LogP contribution >= 0.6 is 15.9 Å². The summed E-state index contributed by atoms with van der Waals surface area (Å²) in [6.45, 7) is 0. The van der Waals surface area contributed by atoms with E-state index in [1.165, 1.54) is 0 Å². The molecule has 82 valence electrons. The van der Waals surface area contributed by atoms with Gasteiger partial charge in [0.2, 0.25) is 0 Å². The van der Waals surface area contributed by atoms with Crippen LogP contribution in [0.2, 0.25) is 0 Å². The lowest BCUT2D eigenvalue weighted by atomic mass is 10.1. The van der Waals surface area contributed by atoms with Gasteiger partial charge in [-0.3, -0.25) is 9.78 Å². The fourth-order valence-electron chi connectivity index (χ4n) is 1.45. The topological polar surface area (TPSA) is 47.8 Å². The number of hydrogen-bond acceptors (Lipinski definition) is 3. The van der Waals surface area contributed by atoms with Gasteiger partial charge >= 0.3 is 0 Å². The average Bonchev–Trinajstić information content (AvgIpc) is 2.64. The molecule has 0 fully saturated rings. The van der Waals surface area contributed by atoms with Gasteiger partial charge in [0.15, 0.2) is 5.78 Å². The van der Waals surface area contributed by atoms with Gasteiger partial charge < -0.3 is 4.57 Å². The van der Waals surface area contributed by atoms with Gasteiger partial charge in [0.05, 0.1) is 12.5 Å². The number of hydrogen-bond donors (Lipinski definition) is 0. The molecule has 0 bridgehead atoms. The quantitative estimate of drug-likeness (QED) is 0.808. The summed E-state index contributed by atoms with van der Waals surface area (Å²) in [5, 5.41) is 0. The molecule has 0 aliphatic rings. The Morgan fingerprint density at radius 3 is 2.81 bits per heavy atom. The van der Waals surface area contributed by atoms with Crippen LogP contribution in [0, 0.1) is 0 Å². The van der Waals surface area contributed by atoms with Crippen molar-refractivity contribution < 1.29 is 4.79 Å². The maximum atomic E-state index is 11.9. The minimum Gasteiger partial charge on any atom is -0.331 e. The fraction of sp³-hybridized carbons (Fsp3) is 0.182. The highest BCUT2D eigenvalue weighted by Gasteiger charge is 2.10. The molecule has 2 aromatic rings. The molecule has 0 radical (unpaired) electrons. The molecule has 0 atom stereocenters. The Hall–Kier alpha value is -1.49. The van der Waals surface area contributed by atoms with E-state index in [9.17, 15) is 4.79 Å². The standard InChI is InChI=1S/C11H10BrN3O/c1-15-7-14-6-10(15)11(16)3-8-2-9(12)5-13-4-8/h2,4-7H,3H2,1H3. The molecule has 2 aromatic heterocycles. The van der Waals surface area contributed by atoms with Gasteiger partial charge in [-0.1, -0.05) is 0 Å². The normalized spacial score (nSPS) is 10.4. The van der Waals surface area contributed by atoms with E-state index >= 15 is 0 Å². The van der Waals surface area contributed by atoms with Crippen LogP contribution in [0.15, 0.2) is 35.5 Å². The number of aromatic nitrogens is 3. The Morgan fingerprint density at radius 1 is 1.38 bits per heavy atom. The number of nitrogens with zero attached hydrogens (tertiary/aromatic N) is 3. The summed E-state index contributed by atoms with van der Waals surface area (Å²) in [4.78, 5) is 19.8. The van der Waals surface area contributed by atoms with Gasteiger partial charge in [-0.25, -0.2) is 4.98 Å². The predicted molar refractivity (Wildman–Crippen MR) is 63.2 cm³/mol. The van der Waals surface area contributed by atoms with Crippen LogP contribution in [0.3, 0.4) is 0 Å². The van der Waals surface area contributed by atoms with Gasteiger partial charge in [-0.05, 0) is 27.6 Å². The zero-order valence-corrected chi connectivity index (χ0v) is 10.3. The summed E-state index contributed by atoms with van der Waals surface area (Å²) >= 11 is 3.32. The van der Waals surface area contributed by atoms with Gasteiger partial charge in [-0.15, -0.1) is 0 Å². The minimum absolute atomic E-state index is 0.0416. The SMILES string of the molecule is Cn1cncc1C(=O)Cc1cncc(Br)c1. The maximum absolute atomic E-state index is 11.9. The summed E-state index contributed by atoms with van der Waals surface area (Å²) < 4.78 is 2.59. The van der Waals surface area contributed by atoms with E-state index < -0.39 is 0 Å². The van der Waals surface area contributed by atoms with Crippen LogP contribution in [0.4, 0.5) is 0 Å². The Labute approximate surface area is 101 Å². The van der Waals surface area contributed by atoms with E-state index in [1.807, 2.05) is 6.07 Å². The van der Waals surface area contributed by atoms with Crippen molar-refractivity contribution in [3.8, 4) is 0 Å². The summed E-state index contributed by atoms with van der Waals surface area (Å²) in [5.74, 6) is 0.0416. The molecule has 0 aliphatic carbocycles. The van der Waals surface area contributed by atoms with Crippen molar-refractivity contribution in [2.45, 2.75) is 6.42 Å². The lowest BCUT2D eigenvalue weighted by molar-refractivity contribution is 0.0985. The van der Waals surface area contributed by atoms with E-state index in [0.29, 0.717) is 12.1 Å². The molecule has 0 aromatic carbocycles. The zero-order chi connectivity index (χ0) is 11.5. The molecule has 0 saturated heterocycles. The molecule has 0 spiro atoms. The Bertz CT molecular complexity index is 521. The Balaban J connectivity index is 2.17. The van der Waals surface area contributed by atoms with Crippen LogP contribution in [0.1, 0.15) is 16.1 Å². The molecule has 2 heterocycles. The molecule has 2 rings (SSSR count). The molecule has 0 unspecified atom stereocenters. The highest BCUT2D eigenvalue weighted by atomic mass is 79.9. The lowest BCUT2D eigenvalue weighted by Crippen LogP contribution is -2.08. The number of Topliss-reactive ketones (excluding diaryl/α,β-unsaturated/α-hetero) is 1. The van der Waals surface area contributed by atoms with Crippen LogP contribution in [0.25, 0.3) is 0 Å².